The highest BCUT2D eigenvalue weighted by atomic mass is 35.5. The fourth-order valence-electron chi connectivity index (χ4n) is 5.27. The Bertz CT molecular complexity index is 688. The summed E-state index contributed by atoms with van der Waals surface area (Å²) in [6, 6.07) is 7.13. The third-order valence-corrected chi connectivity index (χ3v) is 6.88. The molecule has 0 radical (unpaired) electrons. The summed E-state index contributed by atoms with van der Waals surface area (Å²) in [5, 5.41) is 6.78. The second-order valence-electron chi connectivity index (χ2n) is 8.62. The van der Waals surface area contributed by atoms with E-state index in [0.717, 1.165) is 24.8 Å². The van der Waals surface area contributed by atoms with Crippen LogP contribution in [0.2, 0.25) is 0 Å². The van der Waals surface area contributed by atoms with Gasteiger partial charge in [0.2, 0.25) is 0 Å². The Morgan fingerprint density at radius 2 is 1.97 bits per heavy atom. The molecule has 2 bridgehead atoms. The van der Waals surface area contributed by atoms with Crippen molar-refractivity contribution in [2.75, 3.05) is 32.8 Å². The van der Waals surface area contributed by atoms with Crippen molar-refractivity contribution < 1.29 is 9.53 Å². The van der Waals surface area contributed by atoms with Crippen LogP contribution in [0.25, 0.3) is 0 Å². The molecule has 3 aliphatic heterocycles. The summed E-state index contributed by atoms with van der Waals surface area (Å²) in [7, 11) is 0. The third kappa shape index (κ3) is 5.57. The minimum atomic E-state index is -0.0207. The molecule has 3 saturated heterocycles. The molecular formula is C22H35Cl2N3O2. The summed E-state index contributed by atoms with van der Waals surface area (Å²) in [6.45, 7) is 8.41. The van der Waals surface area contributed by atoms with Gasteiger partial charge < -0.3 is 15.4 Å². The van der Waals surface area contributed by atoms with E-state index in [4.69, 9.17) is 4.74 Å². The number of benzene rings is 1. The number of fused-ring (bicyclic) bond motifs is 4. The lowest BCUT2D eigenvalue weighted by molar-refractivity contribution is -0.124. The number of aryl methyl sites for hydroxylation is 2. The number of hydrogen-bond donors (Lipinski definition) is 2. The van der Waals surface area contributed by atoms with E-state index in [1.165, 1.54) is 49.9 Å². The molecule has 7 heteroatoms. The van der Waals surface area contributed by atoms with Gasteiger partial charge in [-0.05, 0) is 87.8 Å². The normalized spacial score (nSPS) is 28.3. The van der Waals surface area contributed by atoms with Crippen LogP contribution < -0.4 is 15.4 Å². The highest BCUT2D eigenvalue weighted by Crippen LogP contribution is 2.38. The van der Waals surface area contributed by atoms with E-state index in [-0.39, 0.29) is 37.3 Å². The van der Waals surface area contributed by atoms with Gasteiger partial charge in [0.05, 0.1) is 0 Å². The molecule has 5 nitrogen and oxygen atoms in total. The Hall–Kier alpha value is -1.01. The van der Waals surface area contributed by atoms with Gasteiger partial charge in [-0.15, -0.1) is 24.8 Å². The highest BCUT2D eigenvalue weighted by Gasteiger charge is 2.45. The summed E-state index contributed by atoms with van der Waals surface area (Å²) in [5.41, 5.74) is 2.42. The first-order valence-corrected chi connectivity index (χ1v) is 10.5. The van der Waals surface area contributed by atoms with Gasteiger partial charge in [-0.3, -0.25) is 9.69 Å². The number of halogens is 2. The second-order valence-corrected chi connectivity index (χ2v) is 8.62. The van der Waals surface area contributed by atoms with E-state index >= 15 is 0 Å². The van der Waals surface area contributed by atoms with Crippen LogP contribution in [0.5, 0.6) is 5.75 Å². The molecule has 164 valence electrons. The van der Waals surface area contributed by atoms with E-state index in [2.05, 4.69) is 29.4 Å². The molecule has 3 aliphatic rings. The van der Waals surface area contributed by atoms with E-state index < -0.39 is 0 Å². The molecule has 3 heterocycles. The molecule has 2 N–H and O–H groups in total. The number of amides is 1. The van der Waals surface area contributed by atoms with Crippen molar-refractivity contribution in [3.8, 4) is 5.75 Å². The van der Waals surface area contributed by atoms with Crippen LogP contribution in [0.4, 0.5) is 0 Å². The van der Waals surface area contributed by atoms with Crippen molar-refractivity contribution in [2.24, 2.45) is 11.8 Å². The van der Waals surface area contributed by atoms with Gasteiger partial charge in [-0.2, -0.15) is 0 Å². The van der Waals surface area contributed by atoms with E-state index in [9.17, 15) is 4.79 Å². The van der Waals surface area contributed by atoms with Gasteiger partial charge in [0.25, 0.3) is 5.91 Å². The first-order valence-electron chi connectivity index (χ1n) is 10.5. The number of rotatable bonds is 5. The smallest absolute Gasteiger partial charge is 0.257 e. The standard InChI is InChI=1S/C22H33N3O2.2ClH/c1-15-6-7-19(9-16(15)2)27-14-22(26)24-13-21-18-10-17(11-23-12-18)20-5-3-4-8-25(20)21;;/h6-7,9,17-18,20-21,23H,3-5,8,10-14H2,1-2H3,(H,24,26);2*1H/t17-,18+,20+,21+;;/m1../s1. The van der Waals surface area contributed by atoms with Crippen molar-refractivity contribution in [1.29, 1.82) is 0 Å². The van der Waals surface area contributed by atoms with E-state index in [1.807, 2.05) is 18.2 Å². The summed E-state index contributed by atoms with van der Waals surface area (Å²) in [6.07, 6.45) is 5.28. The molecular weight excluding hydrogens is 409 g/mol. The van der Waals surface area contributed by atoms with Gasteiger partial charge in [-0.25, -0.2) is 0 Å². The maximum Gasteiger partial charge on any atom is 0.257 e. The number of nitrogens with zero attached hydrogens (tertiary/aromatic N) is 1. The Labute approximate surface area is 187 Å². The molecule has 3 fully saturated rings. The summed E-state index contributed by atoms with van der Waals surface area (Å²) in [5.74, 6) is 2.19. The topological polar surface area (TPSA) is 53.6 Å². The summed E-state index contributed by atoms with van der Waals surface area (Å²) in [4.78, 5) is 15.1. The van der Waals surface area contributed by atoms with Crippen LogP contribution in [0.3, 0.4) is 0 Å². The van der Waals surface area contributed by atoms with E-state index in [0.29, 0.717) is 18.0 Å². The van der Waals surface area contributed by atoms with Crippen molar-refractivity contribution >= 4 is 30.7 Å². The van der Waals surface area contributed by atoms with Crippen LogP contribution in [-0.4, -0.2) is 55.7 Å². The molecule has 4 atom stereocenters. The lowest BCUT2D eigenvalue weighted by atomic mass is 9.73. The van der Waals surface area contributed by atoms with Crippen molar-refractivity contribution in [3.63, 3.8) is 0 Å². The molecule has 1 aromatic carbocycles. The molecule has 0 unspecified atom stereocenters. The quantitative estimate of drug-likeness (QED) is 0.733. The van der Waals surface area contributed by atoms with Crippen molar-refractivity contribution in [2.45, 2.75) is 51.6 Å². The van der Waals surface area contributed by atoms with E-state index in [1.54, 1.807) is 0 Å². The van der Waals surface area contributed by atoms with Gasteiger partial charge >= 0.3 is 0 Å². The lowest BCUT2D eigenvalue weighted by Crippen LogP contribution is -2.65. The number of ether oxygens (including phenoxy) is 1. The number of carbonyl (C=O) groups is 1. The van der Waals surface area contributed by atoms with Gasteiger partial charge in [0.1, 0.15) is 5.75 Å². The first-order chi connectivity index (χ1) is 13.1. The van der Waals surface area contributed by atoms with Gasteiger partial charge in [0.15, 0.2) is 6.61 Å². The maximum atomic E-state index is 12.4. The van der Waals surface area contributed by atoms with Crippen LogP contribution in [0.15, 0.2) is 18.2 Å². The van der Waals surface area contributed by atoms with Crippen LogP contribution in [-0.2, 0) is 4.79 Å². The lowest BCUT2D eigenvalue weighted by Gasteiger charge is -2.55. The van der Waals surface area contributed by atoms with Crippen molar-refractivity contribution in [1.82, 2.24) is 15.5 Å². The molecule has 0 saturated carbocycles. The fraction of sp³-hybridized carbons (Fsp3) is 0.682. The Morgan fingerprint density at radius 3 is 2.76 bits per heavy atom. The van der Waals surface area contributed by atoms with Crippen LogP contribution >= 0.6 is 24.8 Å². The zero-order chi connectivity index (χ0) is 18.8. The second kappa shape index (κ2) is 10.9. The molecule has 1 aromatic rings. The average molecular weight is 444 g/mol. The molecule has 0 spiro atoms. The monoisotopic (exact) mass is 443 g/mol. The molecule has 0 aliphatic carbocycles. The zero-order valence-corrected chi connectivity index (χ0v) is 19.1. The SMILES string of the molecule is Cc1ccc(OCC(=O)NC[C@H]2[C@@H]3CNC[C@@H](C3)[C@@H]3CCCCN32)cc1C.Cl.Cl. The number of piperidine rings is 3. The first kappa shape index (κ1) is 24.3. The highest BCUT2D eigenvalue weighted by molar-refractivity contribution is 5.85. The molecule has 4 rings (SSSR count). The van der Waals surface area contributed by atoms with Crippen LogP contribution in [0, 0.1) is 25.7 Å². The average Bonchev–Trinajstić information content (AvgIpc) is 2.69. The van der Waals surface area contributed by atoms with Crippen LogP contribution in [0.1, 0.15) is 36.8 Å². The largest absolute Gasteiger partial charge is 0.484 e. The predicted molar refractivity (Wildman–Crippen MR) is 122 cm³/mol. The molecule has 1 amide bonds. The van der Waals surface area contributed by atoms with Gasteiger partial charge in [0, 0.05) is 18.6 Å². The fourth-order valence-corrected chi connectivity index (χ4v) is 5.27. The van der Waals surface area contributed by atoms with Crippen molar-refractivity contribution in [3.05, 3.63) is 29.3 Å². The number of nitrogens with one attached hydrogen (secondary N) is 2. The Kier molecular flexibility index (Phi) is 9.08. The minimum absolute atomic E-state index is 0. The number of hydrogen-bond acceptors (Lipinski definition) is 4. The number of carbonyl (C=O) groups excluding carboxylic acids is 1. The molecule has 29 heavy (non-hydrogen) atoms. The zero-order valence-electron chi connectivity index (χ0n) is 17.5. The Balaban J connectivity index is 0.00000150. The minimum Gasteiger partial charge on any atom is -0.484 e. The van der Waals surface area contributed by atoms with Gasteiger partial charge in [-0.1, -0.05) is 12.5 Å². The molecule has 0 aromatic heterocycles. The maximum absolute atomic E-state index is 12.4. The summed E-state index contributed by atoms with van der Waals surface area (Å²) < 4.78 is 5.69. The Morgan fingerprint density at radius 1 is 1.17 bits per heavy atom. The predicted octanol–water partition coefficient (Wildman–Crippen LogP) is 3.10. The third-order valence-electron chi connectivity index (χ3n) is 6.88. The summed E-state index contributed by atoms with van der Waals surface area (Å²) >= 11 is 0.